The standard InChI is InChI=1S/C15H15F2N3O3/c1-3-23-15(22)11-7-12(20-19-11)18-14(21)8(2)13-9(16)5-4-6-10(13)17/h4-8H,3H2,1-2H3,(H2,18,19,20,21)/t8-/m1/s1. The van der Waals surface area contributed by atoms with Gasteiger partial charge in [0.2, 0.25) is 5.91 Å². The lowest BCUT2D eigenvalue weighted by Gasteiger charge is -2.12. The molecular formula is C15H15F2N3O3. The molecule has 1 atom stereocenters. The van der Waals surface area contributed by atoms with Crippen LogP contribution in [0.15, 0.2) is 24.3 Å². The molecule has 6 nitrogen and oxygen atoms in total. The molecule has 8 heteroatoms. The van der Waals surface area contributed by atoms with Crippen LogP contribution in [0.25, 0.3) is 0 Å². The molecule has 1 aromatic heterocycles. The summed E-state index contributed by atoms with van der Waals surface area (Å²) in [6.07, 6.45) is 0. The number of ether oxygens (including phenoxy) is 1. The molecule has 0 saturated heterocycles. The minimum absolute atomic E-state index is 0.0571. The molecule has 1 heterocycles. The zero-order valence-corrected chi connectivity index (χ0v) is 12.5. The Balaban J connectivity index is 2.11. The molecular weight excluding hydrogens is 308 g/mol. The van der Waals surface area contributed by atoms with Crippen LogP contribution in [-0.4, -0.2) is 28.7 Å². The van der Waals surface area contributed by atoms with Gasteiger partial charge in [0.05, 0.1) is 12.5 Å². The van der Waals surface area contributed by atoms with E-state index in [9.17, 15) is 18.4 Å². The molecule has 23 heavy (non-hydrogen) atoms. The van der Waals surface area contributed by atoms with Crippen LogP contribution in [0.2, 0.25) is 0 Å². The van der Waals surface area contributed by atoms with Crippen molar-refractivity contribution in [3.63, 3.8) is 0 Å². The van der Waals surface area contributed by atoms with E-state index in [1.54, 1.807) is 6.92 Å². The van der Waals surface area contributed by atoms with Crippen molar-refractivity contribution in [3.8, 4) is 0 Å². The van der Waals surface area contributed by atoms with E-state index in [2.05, 4.69) is 15.5 Å². The second-order valence-corrected chi connectivity index (χ2v) is 4.73. The number of H-pyrrole nitrogens is 1. The van der Waals surface area contributed by atoms with Gasteiger partial charge in [-0.3, -0.25) is 9.89 Å². The SMILES string of the molecule is CCOC(=O)c1cc(NC(=O)[C@H](C)c2c(F)cccc2F)n[nH]1. The van der Waals surface area contributed by atoms with E-state index in [1.807, 2.05) is 0 Å². The normalized spacial score (nSPS) is 11.8. The Kier molecular flexibility index (Phi) is 5.05. The Morgan fingerprint density at radius 1 is 1.35 bits per heavy atom. The van der Waals surface area contributed by atoms with Crippen molar-refractivity contribution in [2.75, 3.05) is 11.9 Å². The first-order valence-corrected chi connectivity index (χ1v) is 6.91. The summed E-state index contributed by atoms with van der Waals surface area (Å²) >= 11 is 0. The van der Waals surface area contributed by atoms with Gasteiger partial charge in [0.25, 0.3) is 0 Å². The van der Waals surface area contributed by atoms with Gasteiger partial charge >= 0.3 is 5.97 Å². The summed E-state index contributed by atoms with van der Waals surface area (Å²) in [6, 6.07) is 4.66. The number of rotatable bonds is 5. The van der Waals surface area contributed by atoms with Gasteiger partial charge in [-0.25, -0.2) is 13.6 Å². The Morgan fingerprint density at radius 3 is 2.61 bits per heavy atom. The van der Waals surface area contributed by atoms with Gasteiger partial charge in [0.15, 0.2) is 5.82 Å². The molecule has 0 bridgehead atoms. The van der Waals surface area contributed by atoms with Gasteiger partial charge in [-0.15, -0.1) is 0 Å². The van der Waals surface area contributed by atoms with E-state index in [4.69, 9.17) is 4.74 Å². The Hall–Kier alpha value is -2.77. The Labute approximate surface area is 130 Å². The summed E-state index contributed by atoms with van der Waals surface area (Å²) in [6.45, 7) is 3.22. The van der Waals surface area contributed by atoms with Crippen LogP contribution < -0.4 is 5.32 Å². The van der Waals surface area contributed by atoms with Crippen molar-refractivity contribution in [1.82, 2.24) is 10.2 Å². The van der Waals surface area contributed by atoms with Gasteiger partial charge in [0.1, 0.15) is 17.3 Å². The first kappa shape index (κ1) is 16.6. The predicted molar refractivity (Wildman–Crippen MR) is 77.9 cm³/mol. The summed E-state index contributed by atoms with van der Waals surface area (Å²) in [5.41, 5.74) is -0.266. The second-order valence-electron chi connectivity index (χ2n) is 4.73. The fraction of sp³-hybridized carbons (Fsp3) is 0.267. The molecule has 0 aliphatic carbocycles. The van der Waals surface area contributed by atoms with Gasteiger partial charge in [-0.2, -0.15) is 5.10 Å². The summed E-state index contributed by atoms with van der Waals surface area (Å²) in [5.74, 6) is -3.89. The van der Waals surface area contributed by atoms with Crippen LogP contribution in [0, 0.1) is 11.6 Å². The second kappa shape index (κ2) is 6.99. The van der Waals surface area contributed by atoms with E-state index in [1.165, 1.54) is 19.1 Å². The molecule has 0 aliphatic rings. The molecule has 0 aliphatic heterocycles. The quantitative estimate of drug-likeness (QED) is 0.829. The van der Waals surface area contributed by atoms with Gasteiger partial charge < -0.3 is 10.1 Å². The smallest absolute Gasteiger partial charge is 0.356 e. The van der Waals surface area contributed by atoms with E-state index >= 15 is 0 Å². The molecule has 0 fully saturated rings. The number of amides is 1. The van der Waals surface area contributed by atoms with Crippen molar-refractivity contribution in [1.29, 1.82) is 0 Å². The van der Waals surface area contributed by atoms with Crippen LogP contribution in [0.5, 0.6) is 0 Å². The number of esters is 1. The number of carbonyl (C=O) groups is 2. The van der Waals surface area contributed by atoms with Crippen molar-refractivity contribution in [3.05, 3.63) is 47.2 Å². The number of halogens is 2. The highest BCUT2D eigenvalue weighted by atomic mass is 19.1. The maximum atomic E-state index is 13.7. The number of benzene rings is 1. The molecule has 0 unspecified atom stereocenters. The van der Waals surface area contributed by atoms with Gasteiger partial charge in [-0.1, -0.05) is 6.07 Å². The third-order valence-corrected chi connectivity index (χ3v) is 3.15. The van der Waals surface area contributed by atoms with Crippen LogP contribution in [0.1, 0.15) is 35.8 Å². The Morgan fingerprint density at radius 2 is 2.00 bits per heavy atom. The van der Waals surface area contributed by atoms with Crippen LogP contribution in [0.3, 0.4) is 0 Å². The summed E-state index contributed by atoms with van der Waals surface area (Å²) in [4.78, 5) is 23.6. The van der Waals surface area contributed by atoms with E-state index in [-0.39, 0.29) is 23.7 Å². The lowest BCUT2D eigenvalue weighted by atomic mass is 9.99. The summed E-state index contributed by atoms with van der Waals surface area (Å²) in [7, 11) is 0. The maximum absolute atomic E-state index is 13.7. The average Bonchev–Trinajstić information content (AvgIpc) is 2.95. The molecule has 1 amide bonds. The molecule has 1 aromatic carbocycles. The Bertz CT molecular complexity index is 710. The highest BCUT2D eigenvalue weighted by Gasteiger charge is 2.23. The fourth-order valence-corrected chi connectivity index (χ4v) is 1.99. The monoisotopic (exact) mass is 323 g/mol. The van der Waals surface area contributed by atoms with E-state index in [0.717, 1.165) is 12.1 Å². The number of anilines is 1. The minimum atomic E-state index is -1.07. The van der Waals surface area contributed by atoms with Gasteiger partial charge in [0, 0.05) is 11.6 Å². The van der Waals surface area contributed by atoms with Crippen molar-refractivity contribution < 1.29 is 23.1 Å². The van der Waals surface area contributed by atoms with E-state index in [0.29, 0.717) is 0 Å². The number of aromatic amines is 1. The first-order valence-electron chi connectivity index (χ1n) is 6.91. The molecule has 2 aromatic rings. The number of hydrogen-bond donors (Lipinski definition) is 2. The number of nitrogens with zero attached hydrogens (tertiary/aromatic N) is 1. The number of aromatic nitrogens is 2. The lowest BCUT2D eigenvalue weighted by Crippen LogP contribution is -2.21. The largest absolute Gasteiger partial charge is 0.461 e. The zero-order valence-electron chi connectivity index (χ0n) is 12.5. The van der Waals surface area contributed by atoms with Crippen molar-refractivity contribution in [2.45, 2.75) is 19.8 Å². The third kappa shape index (κ3) is 3.71. The zero-order chi connectivity index (χ0) is 17.0. The lowest BCUT2D eigenvalue weighted by molar-refractivity contribution is -0.117. The molecule has 122 valence electrons. The van der Waals surface area contributed by atoms with Crippen LogP contribution >= 0.6 is 0 Å². The van der Waals surface area contributed by atoms with E-state index < -0.39 is 29.4 Å². The first-order chi connectivity index (χ1) is 10.9. The molecule has 2 N–H and O–H groups in total. The van der Waals surface area contributed by atoms with Crippen LogP contribution in [0.4, 0.5) is 14.6 Å². The maximum Gasteiger partial charge on any atom is 0.356 e. The van der Waals surface area contributed by atoms with Crippen molar-refractivity contribution in [2.24, 2.45) is 0 Å². The third-order valence-electron chi connectivity index (χ3n) is 3.15. The minimum Gasteiger partial charge on any atom is -0.461 e. The molecule has 0 spiro atoms. The van der Waals surface area contributed by atoms with Crippen molar-refractivity contribution >= 4 is 17.7 Å². The number of carbonyl (C=O) groups excluding carboxylic acids is 2. The highest BCUT2D eigenvalue weighted by Crippen LogP contribution is 2.23. The topological polar surface area (TPSA) is 84.1 Å². The summed E-state index contributed by atoms with van der Waals surface area (Å²) < 4.78 is 32.2. The molecule has 2 rings (SSSR count). The predicted octanol–water partition coefficient (Wildman–Crippen LogP) is 2.61. The van der Waals surface area contributed by atoms with Gasteiger partial charge in [-0.05, 0) is 26.0 Å². The molecule has 0 radical (unpaired) electrons. The van der Waals surface area contributed by atoms with Crippen LogP contribution in [-0.2, 0) is 9.53 Å². The number of nitrogens with one attached hydrogen (secondary N) is 2. The highest BCUT2D eigenvalue weighted by molar-refractivity contribution is 5.96. The summed E-state index contributed by atoms with van der Waals surface area (Å²) in [5, 5.41) is 8.53. The average molecular weight is 323 g/mol. The fourth-order valence-electron chi connectivity index (χ4n) is 1.99. The number of hydrogen-bond acceptors (Lipinski definition) is 4. The molecule has 0 saturated carbocycles.